The molecule has 2 aromatic rings. The lowest BCUT2D eigenvalue weighted by Gasteiger charge is -2.17. The molecule has 2 aromatic carbocycles. The molecule has 0 unspecified atom stereocenters. The summed E-state index contributed by atoms with van der Waals surface area (Å²) in [5.74, 6) is -0.105. The fraction of sp³-hybridized carbons (Fsp3) is 0.263. The highest BCUT2D eigenvalue weighted by Gasteiger charge is 2.32. The van der Waals surface area contributed by atoms with Gasteiger partial charge in [0.1, 0.15) is 6.61 Å². The Morgan fingerprint density at radius 3 is 2.22 bits per heavy atom. The van der Waals surface area contributed by atoms with Crippen LogP contribution in [0, 0.1) is 0 Å². The molecule has 2 aliphatic rings. The van der Waals surface area contributed by atoms with Crippen LogP contribution in [-0.2, 0) is 9.53 Å². The van der Waals surface area contributed by atoms with Crippen molar-refractivity contribution < 1.29 is 14.3 Å². The van der Waals surface area contributed by atoms with Crippen LogP contribution in [0.4, 0.5) is 4.79 Å². The molecule has 0 saturated carbocycles. The summed E-state index contributed by atoms with van der Waals surface area (Å²) in [6, 6.07) is 16.4. The zero-order chi connectivity index (χ0) is 15.8. The Bertz CT molecular complexity index is 738. The number of benzene rings is 2. The second kappa shape index (κ2) is 5.54. The summed E-state index contributed by atoms with van der Waals surface area (Å²) in [6.07, 6.45) is 0.641. The average Bonchev–Trinajstić information content (AvgIpc) is 3.14. The molecule has 0 atom stereocenters. The van der Waals surface area contributed by atoms with Crippen molar-refractivity contribution in [1.29, 1.82) is 0 Å². The molecule has 0 radical (unpaired) electrons. The first-order valence-electron chi connectivity index (χ1n) is 7.91. The highest BCUT2D eigenvalue weighted by molar-refractivity contribution is 5.93. The zero-order valence-electron chi connectivity index (χ0n) is 12.7. The van der Waals surface area contributed by atoms with Crippen LogP contribution < -0.4 is 0 Å². The van der Waals surface area contributed by atoms with Gasteiger partial charge in [-0.2, -0.15) is 0 Å². The molecule has 4 rings (SSSR count). The molecular weight excluding hydrogens is 290 g/mol. The van der Waals surface area contributed by atoms with E-state index in [0.29, 0.717) is 13.0 Å². The van der Waals surface area contributed by atoms with Crippen LogP contribution >= 0.6 is 0 Å². The lowest BCUT2D eigenvalue weighted by molar-refractivity contribution is -0.126. The van der Waals surface area contributed by atoms with Crippen molar-refractivity contribution in [2.45, 2.75) is 18.8 Å². The maximum atomic E-state index is 12.1. The first-order valence-corrected chi connectivity index (χ1v) is 7.91. The molecule has 23 heavy (non-hydrogen) atoms. The van der Waals surface area contributed by atoms with Gasteiger partial charge in [-0.15, -0.1) is 0 Å². The number of likely N-dealkylation sites (tertiary alicyclic amines) is 1. The lowest BCUT2D eigenvalue weighted by atomic mass is 9.98. The Labute approximate surface area is 134 Å². The van der Waals surface area contributed by atoms with Gasteiger partial charge in [-0.25, -0.2) is 9.69 Å². The quantitative estimate of drug-likeness (QED) is 0.852. The Morgan fingerprint density at radius 1 is 1.04 bits per heavy atom. The van der Waals surface area contributed by atoms with Gasteiger partial charge < -0.3 is 4.74 Å². The molecule has 1 saturated heterocycles. The molecular formula is C19H17NO3. The average molecular weight is 307 g/mol. The van der Waals surface area contributed by atoms with E-state index in [4.69, 9.17) is 4.74 Å². The molecule has 2 amide bonds. The van der Waals surface area contributed by atoms with Crippen LogP contribution in [0.3, 0.4) is 0 Å². The largest absolute Gasteiger partial charge is 0.448 e. The fourth-order valence-corrected chi connectivity index (χ4v) is 3.51. The van der Waals surface area contributed by atoms with Gasteiger partial charge in [0.05, 0.1) is 0 Å². The van der Waals surface area contributed by atoms with Gasteiger partial charge in [0, 0.05) is 18.9 Å². The minimum Gasteiger partial charge on any atom is -0.448 e. The lowest BCUT2D eigenvalue weighted by Crippen LogP contribution is -2.33. The second-order valence-corrected chi connectivity index (χ2v) is 5.95. The number of hydrogen-bond acceptors (Lipinski definition) is 3. The van der Waals surface area contributed by atoms with Crippen LogP contribution in [0.1, 0.15) is 29.9 Å². The van der Waals surface area contributed by atoms with Gasteiger partial charge in [-0.1, -0.05) is 48.5 Å². The van der Waals surface area contributed by atoms with Crippen LogP contribution in [0.5, 0.6) is 0 Å². The van der Waals surface area contributed by atoms with E-state index in [9.17, 15) is 9.59 Å². The van der Waals surface area contributed by atoms with Crippen molar-refractivity contribution in [2.75, 3.05) is 13.2 Å². The third-order valence-electron chi connectivity index (χ3n) is 4.63. The number of carbonyl (C=O) groups excluding carboxylic acids is 2. The van der Waals surface area contributed by atoms with E-state index >= 15 is 0 Å². The Balaban J connectivity index is 1.57. The number of imide groups is 1. The summed E-state index contributed by atoms with van der Waals surface area (Å²) in [6.45, 7) is 0.728. The Kier molecular flexibility index (Phi) is 3.37. The number of carbonyl (C=O) groups is 2. The van der Waals surface area contributed by atoms with E-state index in [2.05, 4.69) is 24.3 Å². The van der Waals surface area contributed by atoms with E-state index in [1.165, 1.54) is 27.2 Å². The molecule has 4 heteroatoms. The van der Waals surface area contributed by atoms with E-state index < -0.39 is 6.09 Å². The topological polar surface area (TPSA) is 46.6 Å². The monoisotopic (exact) mass is 307 g/mol. The molecule has 116 valence electrons. The van der Waals surface area contributed by atoms with E-state index in [1.807, 2.05) is 24.3 Å². The van der Waals surface area contributed by atoms with Gasteiger partial charge in [0.15, 0.2) is 0 Å². The molecule has 0 spiro atoms. The first-order chi connectivity index (χ1) is 11.3. The number of amides is 2. The highest BCUT2D eigenvalue weighted by Crippen LogP contribution is 2.44. The Morgan fingerprint density at radius 2 is 1.65 bits per heavy atom. The van der Waals surface area contributed by atoms with Crippen molar-refractivity contribution in [1.82, 2.24) is 4.90 Å². The standard InChI is InChI=1S/C19H17NO3/c21-18-10-5-11-20(18)19(22)23-12-17-15-8-3-1-6-13(15)14-7-2-4-9-16(14)17/h1-4,6-9,17H,5,10-12H2. The normalized spacial score (nSPS) is 16.3. The number of hydrogen-bond donors (Lipinski definition) is 0. The van der Waals surface area contributed by atoms with E-state index in [0.717, 1.165) is 6.42 Å². The maximum Gasteiger partial charge on any atom is 0.416 e. The molecule has 1 aliphatic heterocycles. The molecule has 0 aromatic heterocycles. The number of fused-ring (bicyclic) bond motifs is 3. The zero-order valence-corrected chi connectivity index (χ0v) is 12.7. The maximum absolute atomic E-state index is 12.1. The van der Waals surface area contributed by atoms with Crippen LogP contribution in [-0.4, -0.2) is 30.1 Å². The summed E-state index contributed by atoms with van der Waals surface area (Å²) in [7, 11) is 0. The van der Waals surface area contributed by atoms with Gasteiger partial charge in [0.2, 0.25) is 5.91 Å². The van der Waals surface area contributed by atoms with Gasteiger partial charge in [0.25, 0.3) is 0 Å². The number of ether oxygens (including phenoxy) is 1. The highest BCUT2D eigenvalue weighted by atomic mass is 16.6. The predicted octanol–water partition coefficient (Wildman–Crippen LogP) is 3.56. The van der Waals surface area contributed by atoms with Gasteiger partial charge in [-0.05, 0) is 28.7 Å². The molecule has 1 fully saturated rings. The summed E-state index contributed by atoms with van der Waals surface area (Å²) in [5, 5.41) is 0. The van der Waals surface area contributed by atoms with Gasteiger partial charge >= 0.3 is 6.09 Å². The van der Waals surface area contributed by atoms with Crippen LogP contribution in [0.2, 0.25) is 0 Å². The fourth-order valence-electron chi connectivity index (χ4n) is 3.51. The molecule has 1 heterocycles. The van der Waals surface area contributed by atoms with Crippen molar-refractivity contribution in [3.05, 3.63) is 59.7 Å². The number of rotatable bonds is 2. The third kappa shape index (κ3) is 2.31. The minimum absolute atomic E-state index is 0.0315. The summed E-state index contributed by atoms with van der Waals surface area (Å²) in [5.41, 5.74) is 4.74. The second-order valence-electron chi connectivity index (χ2n) is 5.95. The molecule has 1 aliphatic carbocycles. The van der Waals surface area contributed by atoms with Crippen LogP contribution in [0.15, 0.2) is 48.5 Å². The summed E-state index contributed by atoms with van der Waals surface area (Å²) < 4.78 is 5.46. The van der Waals surface area contributed by atoms with Crippen molar-refractivity contribution in [2.24, 2.45) is 0 Å². The van der Waals surface area contributed by atoms with E-state index in [-0.39, 0.29) is 18.4 Å². The smallest absolute Gasteiger partial charge is 0.416 e. The van der Waals surface area contributed by atoms with Crippen LogP contribution in [0.25, 0.3) is 11.1 Å². The summed E-state index contributed by atoms with van der Waals surface area (Å²) in [4.78, 5) is 25.0. The van der Waals surface area contributed by atoms with E-state index in [1.54, 1.807) is 0 Å². The molecule has 0 bridgehead atoms. The van der Waals surface area contributed by atoms with Crippen molar-refractivity contribution in [3.63, 3.8) is 0 Å². The minimum atomic E-state index is -0.519. The number of nitrogens with zero attached hydrogens (tertiary/aromatic N) is 1. The SMILES string of the molecule is O=C1CCCN1C(=O)OCC1c2ccccc2-c2ccccc21. The molecule has 4 nitrogen and oxygen atoms in total. The van der Waals surface area contributed by atoms with Gasteiger partial charge in [-0.3, -0.25) is 4.79 Å². The van der Waals surface area contributed by atoms with Crippen molar-refractivity contribution in [3.8, 4) is 11.1 Å². The third-order valence-corrected chi connectivity index (χ3v) is 4.63. The summed E-state index contributed by atoms with van der Waals surface area (Å²) >= 11 is 0. The van der Waals surface area contributed by atoms with Crippen molar-refractivity contribution >= 4 is 12.0 Å². The Hall–Kier alpha value is -2.62. The first kappa shape index (κ1) is 14.0. The predicted molar refractivity (Wildman–Crippen MR) is 86.0 cm³/mol. The molecule has 0 N–H and O–H groups in total.